The van der Waals surface area contributed by atoms with Gasteiger partial charge in [-0.3, -0.25) is 9.59 Å². The van der Waals surface area contributed by atoms with Gasteiger partial charge < -0.3 is 40.2 Å². The molecule has 0 fully saturated rings. The number of hydrogen-bond donors (Lipinski definition) is 4. The molecule has 2 aromatic carbocycles. The van der Waals surface area contributed by atoms with Crippen molar-refractivity contribution in [3.63, 3.8) is 0 Å². The predicted octanol–water partition coefficient (Wildman–Crippen LogP) is 4.47. The van der Waals surface area contributed by atoms with E-state index < -0.39 is 32.2 Å². The number of phenolic OH excluding ortho intramolecular Hbond substituents is 2. The van der Waals surface area contributed by atoms with Gasteiger partial charge in [0, 0.05) is 123 Å². The van der Waals surface area contributed by atoms with Crippen molar-refractivity contribution in [1.82, 2.24) is 20.6 Å². The first-order valence-corrected chi connectivity index (χ1v) is 19.9. The average Bonchev–Trinajstić information content (AvgIpc) is 3.19. The first kappa shape index (κ1) is 54.4. The standard InChI is InChI=1S/C16H16N6O8S2.C14H12N2O8S2.2Ac/c23-15(17-5-7-29-21(25)26)11-1-3-13(19-9-11)31-32-14-4-2-12(10-20-14)16(24)18-6-8-30-22(27)28;17-11-1-3-13(9(5-11)7-23-15(19)20)25-26-14-4-2-12(18)6-10(14)8-24-16(21)22;;/h1-4,9-10H,5-8H2,(H,17,23)(H,18,24);1-6,17-18H,7-8H2;;. The van der Waals surface area contributed by atoms with E-state index in [0.717, 1.165) is 0 Å². The van der Waals surface area contributed by atoms with Gasteiger partial charge >= 0.3 is 0 Å². The normalized spacial score (nSPS) is 9.87. The van der Waals surface area contributed by atoms with E-state index in [1.165, 1.54) is 79.8 Å². The Labute approximate surface area is 424 Å². The summed E-state index contributed by atoms with van der Waals surface area (Å²) in [6.45, 7) is -1.20. The third kappa shape index (κ3) is 21.8. The molecule has 314 valence electrons. The van der Waals surface area contributed by atoms with Crippen molar-refractivity contribution < 1.29 is 148 Å². The van der Waals surface area contributed by atoms with Crippen LogP contribution in [-0.2, 0) is 32.6 Å². The Morgan fingerprint density at radius 2 is 0.933 bits per heavy atom. The predicted molar refractivity (Wildman–Crippen MR) is 202 cm³/mol. The van der Waals surface area contributed by atoms with Gasteiger partial charge in [0.05, 0.1) is 11.1 Å². The topological polar surface area (TPSA) is 334 Å². The molecular weight excluding hydrogens is 1310 g/mol. The molecule has 2 amide bonds. The molecule has 0 atom stereocenters. The molecule has 4 N–H and O–H groups in total. The number of benzene rings is 2. The van der Waals surface area contributed by atoms with Gasteiger partial charge in [-0.2, -0.15) is 0 Å². The van der Waals surface area contributed by atoms with Gasteiger partial charge in [-0.15, -0.1) is 40.5 Å². The molecule has 2 aromatic heterocycles. The molecule has 0 aliphatic rings. The summed E-state index contributed by atoms with van der Waals surface area (Å²) in [4.78, 5) is 91.0. The SMILES string of the molecule is O=C(NCCO[N+](=O)[O-])c1ccc(SSc2ccc(C(=O)NCCO[N+](=O)[O-])cn2)nc1.O=[N+]([O-])OCc1cc(O)ccc1SSc1ccc(O)cc1CO[N+](=O)[O-].[Ac].[Ac]. The van der Waals surface area contributed by atoms with Crippen molar-refractivity contribution in [2.75, 3.05) is 26.3 Å². The number of carbonyl (C=O) groups is 2. The average molecular weight is 1340 g/mol. The van der Waals surface area contributed by atoms with Gasteiger partial charge in [0.25, 0.3) is 32.2 Å². The van der Waals surface area contributed by atoms with E-state index in [0.29, 0.717) is 31.0 Å². The van der Waals surface area contributed by atoms with Gasteiger partial charge in [-0.1, -0.05) is 21.6 Å². The Morgan fingerprint density at radius 1 is 0.567 bits per heavy atom. The molecule has 60 heavy (non-hydrogen) atoms. The van der Waals surface area contributed by atoms with Crippen LogP contribution in [0.2, 0.25) is 0 Å². The molecule has 2 heterocycles. The van der Waals surface area contributed by atoms with E-state index in [-0.39, 0.29) is 150 Å². The molecule has 0 aliphatic carbocycles. The van der Waals surface area contributed by atoms with Crippen molar-refractivity contribution in [1.29, 1.82) is 0 Å². The van der Waals surface area contributed by atoms with Crippen molar-refractivity contribution in [2.45, 2.75) is 33.1 Å². The summed E-state index contributed by atoms with van der Waals surface area (Å²) in [5, 5.41) is 62.3. The number of carbonyl (C=O) groups excluding carboxylic acids is 2. The van der Waals surface area contributed by atoms with E-state index in [1.807, 2.05) is 0 Å². The maximum Gasteiger partial charge on any atom is 0.294 e. The largest absolute Gasteiger partial charge is 0.508 e. The van der Waals surface area contributed by atoms with Crippen LogP contribution in [0.1, 0.15) is 31.8 Å². The Bertz CT molecular complexity index is 1920. The number of phenols is 2. The molecule has 24 nitrogen and oxygen atoms in total. The van der Waals surface area contributed by atoms with Crippen LogP contribution in [0.15, 0.2) is 92.9 Å². The summed E-state index contributed by atoms with van der Waals surface area (Å²) in [7, 11) is 5.00. The van der Waals surface area contributed by atoms with Crippen LogP contribution in [0.3, 0.4) is 0 Å². The monoisotopic (exact) mass is 1340 g/mol. The van der Waals surface area contributed by atoms with E-state index in [1.54, 1.807) is 36.4 Å². The zero-order valence-corrected chi connectivity index (χ0v) is 43.0. The fraction of sp³-hybridized carbons (Fsp3) is 0.200. The zero-order valence-electron chi connectivity index (χ0n) is 30.3. The molecule has 4 aromatic rings. The molecule has 0 saturated carbocycles. The van der Waals surface area contributed by atoms with Gasteiger partial charge in [0.1, 0.15) is 48.0 Å². The second-order valence-electron chi connectivity index (χ2n) is 10.3. The van der Waals surface area contributed by atoms with Crippen molar-refractivity contribution in [3.8, 4) is 11.5 Å². The first-order valence-electron chi connectivity index (χ1n) is 15.6. The molecule has 2 radical (unpaired) electrons. The Kier molecular flexibility index (Phi) is 26.8. The number of pyridine rings is 2. The number of nitrogens with zero attached hydrogens (tertiary/aromatic N) is 6. The summed E-state index contributed by atoms with van der Waals surface area (Å²) in [6.07, 6.45) is 2.74. The molecule has 0 spiro atoms. The maximum atomic E-state index is 11.9. The fourth-order valence-corrected chi connectivity index (χ4v) is 7.94. The van der Waals surface area contributed by atoms with Crippen molar-refractivity contribution >= 4 is 55.0 Å². The minimum Gasteiger partial charge on any atom is -0.508 e. The summed E-state index contributed by atoms with van der Waals surface area (Å²) in [5.41, 5.74) is 1.39. The summed E-state index contributed by atoms with van der Waals surface area (Å²) in [6, 6.07) is 15.1. The zero-order chi connectivity index (χ0) is 42.5. The third-order valence-corrected chi connectivity index (χ3v) is 11.1. The van der Waals surface area contributed by atoms with E-state index in [2.05, 4.69) is 40.0 Å². The van der Waals surface area contributed by atoms with Crippen LogP contribution < -0.4 is 10.6 Å². The number of rotatable bonds is 22. The third-order valence-electron chi connectivity index (χ3n) is 6.34. The van der Waals surface area contributed by atoms with Crippen LogP contribution in [0.4, 0.5) is 0 Å². The number of aromatic hydroxyl groups is 2. The maximum absolute atomic E-state index is 11.9. The quantitative estimate of drug-likeness (QED) is 0.0365. The molecule has 0 saturated heterocycles. The smallest absolute Gasteiger partial charge is 0.294 e. The molecule has 0 bridgehead atoms. The van der Waals surface area contributed by atoms with Crippen LogP contribution in [0.5, 0.6) is 11.5 Å². The Balaban J connectivity index is 0.000000592. The van der Waals surface area contributed by atoms with Crippen molar-refractivity contribution in [3.05, 3.63) is 136 Å². The van der Waals surface area contributed by atoms with Crippen LogP contribution in [0.25, 0.3) is 0 Å². The molecular formula is C30H28Ac2N8O16S4. The minimum absolute atomic E-state index is 0. The van der Waals surface area contributed by atoms with Crippen LogP contribution >= 0.6 is 43.2 Å². The van der Waals surface area contributed by atoms with E-state index in [9.17, 15) is 60.3 Å². The summed E-state index contributed by atoms with van der Waals surface area (Å²) < 4.78 is 0. The van der Waals surface area contributed by atoms with E-state index in [4.69, 9.17) is 0 Å². The number of hydrogen-bond acceptors (Lipinski definition) is 22. The number of amides is 2. The van der Waals surface area contributed by atoms with E-state index >= 15 is 0 Å². The van der Waals surface area contributed by atoms with Gasteiger partial charge in [-0.25, -0.2) is 9.97 Å². The van der Waals surface area contributed by atoms with Crippen molar-refractivity contribution in [2.24, 2.45) is 0 Å². The summed E-state index contributed by atoms with van der Waals surface area (Å²) in [5.74, 6) is -1.000. The molecule has 0 aliphatic heterocycles. The molecule has 4 rings (SSSR count). The second kappa shape index (κ2) is 29.6. The van der Waals surface area contributed by atoms with Crippen LogP contribution in [-0.4, -0.2) is 78.6 Å². The number of nitrogens with one attached hydrogen (secondary N) is 2. The van der Waals surface area contributed by atoms with Gasteiger partial charge in [0.2, 0.25) is 0 Å². The Morgan fingerprint density at radius 3 is 1.25 bits per heavy atom. The van der Waals surface area contributed by atoms with Gasteiger partial charge in [0.15, 0.2) is 0 Å². The minimum atomic E-state index is -0.938. The number of aromatic nitrogens is 2. The first-order chi connectivity index (χ1) is 27.7. The fourth-order valence-electron chi connectivity index (χ4n) is 3.84. The van der Waals surface area contributed by atoms with Gasteiger partial charge in [-0.05, 0) is 93.4 Å². The molecule has 30 heteroatoms. The Hall–Kier alpha value is -3.64. The summed E-state index contributed by atoms with van der Waals surface area (Å²) >= 11 is 0. The van der Waals surface area contributed by atoms with Crippen LogP contribution in [0, 0.1) is 129 Å². The second-order valence-corrected chi connectivity index (χ2v) is 14.7. The molecule has 0 unspecified atom stereocenters.